The van der Waals surface area contributed by atoms with Crippen molar-refractivity contribution in [1.82, 2.24) is 4.90 Å². The summed E-state index contributed by atoms with van der Waals surface area (Å²) < 4.78 is 18.8. The van der Waals surface area contributed by atoms with Crippen molar-refractivity contribution >= 4 is 40.1 Å². The van der Waals surface area contributed by atoms with E-state index >= 15 is 0 Å². The van der Waals surface area contributed by atoms with Gasteiger partial charge in [0.25, 0.3) is 11.8 Å². The Labute approximate surface area is 224 Å². The van der Waals surface area contributed by atoms with Gasteiger partial charge in [0, 0.05) is 29.2 Å². The lowest BCUT2D eigenvalue weighted by atomic mass is 9.93. The van der Waals surface area contributed by atoms with Crippen molar-refractivity contribution in [3.05, 3.63) is 101 Å². The van der Waals surface area contributed by atoms with Crippen LogP contribution >= 0.6 is 11.8 Å². The van der Waals surface area contributed by atoms with E-state index in [-0.39, 0.29) is 17.5 Å². The number of carbonyl (C=O) groups is 2. The number of methoxy groups -OCH3 is 1. The highest BCUT2D eigenvalue weighted by Gasteiger charge is 2.37. The molecular weight excluding hydrogens is 503 g/mol. The molecule has 0 aromatic heterocycles. The van der Waals surface area contributed by atoms with Crippen LogP contribution in [0.25, 0.3) is 0 Å². The van der Waals surface area contributed by atoms with Crippen molar-refractivity contribution in [3.63, 3.8) is 0 Å². The fourth-order valence-electron chi connectivity index (χ4n) is 4.60. The Hall–Kier alpha value is -4.11. The third-order valence-corrected chi connectivity index (χ3v) is 7.47. The first kappa shape index (κ1) is 25.5. The van der Waals surface area contributed by atoms with Crippen LogP contribution in [0.4, 0.5) is 15.8 Å². The van der Waals surface area contributed by atoms with Gasteiger partial charge in [-0.1, -0.05) is 30.0 Å². The minimum absolute atomic E-state index is 0.227. The lowest BCUT2D eigenvalue weighted by Gasteiger charge is -2.41. The Morgan fingerprint density at radius 3 is 2.53 bits per heavy atom. The van der Waals surface area contributed by atoms with Crippen molar-refractivity contribution < 1.29 is 18.7 Å². The first-order valence-electron chi connectivity index (χ1n) is 12.2. The lowest BCUT2D eigenvalue weighted by Crippen LogP contribution is -2.43. The number of nitrogens with zero attached hydrogens (tertiary/aromatic N) is 2. The molecule has 9 heteroatoms. The number of thioether (sulfide) groups is 1. The molecule has 2 aliphatic heterocycles. The lowest BCUT2D eigenvalue weighted by molar-refractivity contribution is -0.113. The third-order valence-electron chi connectivity index (χ3n) is 6.40. The summed E-state index contributed by atoms with van der Waals surface area (Å²) in [5, 5.41) is 6.74. The van der Waals surface area contributed by atoms with E-state index in [1.807, 2.05) is 25.1 Å². The predicted octanol–water partition coefficient (Wildman–Crippen LogP) is 5.85. The summed E-state index contributed by atoms with van der Waals surface area (Å²) >= 11 is 1.68. The molecule has 2 aliphatic rings. The van der Waals surface area contributed by atoms with Crippen LogP contribution in [0.2, 0.25) is 0 Å². The molecular formula is C29H27FN4O3S. The number of amides is 2. The van der Waals surface area contributed by atoms with E-state index in [0.717, 1.165) is 29.4 Å². The number of benzene rings is 3. The van der Waals surface area contributed by atoms with Gasteiger partial charge in [0.2, 0.25) is 0 Å². The normalized spacial score (nSPS) is 16.9. The molecule has 1 unspecified atom stereocenters. The molecule has 7 nitrogen and oxygen atoms in total. The molecule has 0 radical (unpaired) electrons. The zero-order valence-electron chi connectivity index (χ0n) is 21.0. The molecule has 2 heterocycles. The molecule has 1 atom stereocenters. The van der Waals surface area contributed by atoms with E-state index in [2.05, 4.69) is 15.5 Å². The number of anilines is 2. The van der Waals surface area contributed by atoms with Crippen molar-refractivity contribution in [2.24, 2.45) is 4.99 Å². The van der Waals surface area contributed by atoms with Crippen molar-refractivity contribution in [2.45, 2.75) is 19.4 Å². The Balaban J connectivity index is 1.47. The summed E-state index contributed by atoms with van der Waals surface area (Å²) in [6, 6.07) is 19.7. The van der Waals surface area contributed by atoms with E-state index in [9.17, 15) is 14.0 Å². The molecule has 3 aromatic rings. The molecule has 0 saturated carbocycles. The number of nitrogens with one attached hydrogen (secondary N) is 2. The van der Waals surface area contributed by atoms with Gasteiger partial charge in [-0.25, -0.2) is 9.38 Å². The fraction of sp³-hybridized carbons (Fsp3) is 0.207. The summed E-state index contributed by atoms with van der Waals surface area (Å²) in [5.41, 5.74) is 3.46. The molecule has 2 N–H and O–H groups in total. The average Bonchev–Trinajstić information content (AvgIpc) is 2.92. The van der Waals surface area contributed by atoms with Gasteiger partial charge >= 0.3 is 0 Å². The highest BCUT2D eigenvalue weighted by molar-refractivity contribution is 8.13. The average molecular weight is 531 g/mol. The molecule has 0 spiro atoms. The fourth-order valence-corrected chi connectivity index (χ4v) is 5.62. The van der Waals surface area contributed by atoms with Crippen molar-refractivity contribution in [1.29, 1.82) is 0 Å². The van der Waals surface area contributed by atoms with E-state index in [1.54, 1.807) is 55.3 Å². The molecule has 3 aromatic carbocycles. The number of halogens is 1. The van der Waals surface area contributed by atoms with E-state index in [1.165, 1.54) is 18.2 Å². The summed E-state index contributed by atoms with van der Waals surface area (Å²) in [4.78, 5) is 33.3. The van der Waals surface area contributed by atoms with Gasteiger partial charge in [-0.3, -0.25) is 9.59 Å². The smallest absolute Gasteiger partial charge is 0.255 e. The van der Waals surface area contributed by atoms with E-state index in [4.69, 9.17) is 9.73 Å². The van der Waals surface area contributed by atoms with E-state index in [0.29, 0.717) is 28.4 Å². The van der Waals surface area contributed by atoms with Gasteiger partial charge < -0.3 is 20.3 Å². The standard InChI is InChI=1S/C29H27FN4O3S/c1-18-25(28(36)32-22-10-12-24(37-2)13-11-22)26(34-14-5-15-38-29(34)31-18)19-6-4-9-23(17-19)33-27(35)20-7-3-8-21(30)16-20/h3-4,6-13,16-17,26H,5,14-15H2,1-2H3,(H,32,36)(H,33,35). The molecule has 0 aliphatic carbocycles. The number of carbonyl (C=O) groups excluding carboxylic acids is 2. The Bertz CT molecular complexity index is 1440. The molecule has 1 fully saturated rings. The second kappa shape index (κ2) is 11.1. The number of hydrogen-bond donors (Lipinski definition) is 2. The zero-order valence-corrected chi connectivity index (χ0v) is 21.8. The maximum atomic E-state index is 13.7. The Morgan fingerprint density at radius 1 is 1.00 bits per heavy atom. The Morgan fingerprint density at radius 2 is 1.76 bits per heavy atom. The second-order valence-electron chi connectivity index (χ2n) is 8.96. The predicted molar refractivity (Wildman–Crippen MR) is 149 cm³/mol. The third kappa shape index (κ3) is 5.43. The van der Waals surface area contributed by atoms with Gasteiger partial charge in [0.1, 0.15) is 11.6 Å². The van der Waals surface area contributed by atoms with Crippen molar-refractivity contribution in [3.8, 4) is 5.75 Å². The van der Waals surface area contributed by atoms with Crippen molar-refractivity contribution in [2.75, 3.05) is 30.0 Å². The van der Waals surface area contributed by atoms with E-state index < -0.39 is 11.7 Å². The molecule has 5 rings (SSSR count). The largest absolute Gasteiger partial charge is 0.497 e. The first-order valence-corrected chi connectivity index (χ1v) is 13.2. The van der Waals surface area contributed by atoms with Gasteiger partial charge in [-0.2, -0.15) is 0 Å². The van der Waals surface area contributed by atoms with Crippen LogP contribution in [-0.4, -0.2) is 41.3 Å². The van der Waals surface area contributed by atoms with Crippen LogP contribution < -0.4 is 15.4 Å². The van der Waals surface area contributed by atoms with Crippen LogP contribution in [0.15, 0.2) is 89.1 Å². The van der Waals surface area contributed by atoms with Crippen LogP contribution in [0.1, 0.15) is 35.3 Å². The van der Waals surface area contributed by atoms with Gasteiger partial charge in [-0.05, 0) is 73.5 Å². The van der Waals surface area contributed by atoms with Gasteiger partial charge in [0.05, 0.1) is 24.4 Å². The molecule has 38 heavy (non-hydrogen) atoms. The number of amidine groups is 1. The van der Waals surface area contributed by atoms with Gasteiger partial charge in [0.15, 0.2) is 5.17 Å². The number of aliphatic imine (C=N–C) groups is 1. The molecule has 2 amide bonds. The summed E-state index contributed by atoms with van der Waals surface area (Å²) in [6.45, 7) is 2.61. The van der Waals surface area contributed by atoms with Crippen LogP contribution in [0.5, 0.6) is 5.75 Å². The molecule has 1 saturated heterocycles. The number of ether oxygens (including phenoxy) is 1. The zero-order chi connectivity index (χ0) is 26.6. The first-order chi connectivity index (χ1) is 18.4. The Kier molecular flexibility index (Phi) is 7.46. The highest BCUT2D eigenvalue weighted by atomic mass is 32.2. The van der Waals surface area contributed by atoms with Gasteiger partial charge in [-0.15, -0.1) is 0 Å². The van der Waals surface area contributed by atoms with Crippen LogP contribution in [-0.2, 0) is 4.79 Å². The SMILES string of the molecule is COc1ccc(NC(=O)C2=C(C)N=C3SCCCN3C2c2cccc(NC(=O)c3cccc(F)c3)c2)cc1. The second-order valence-corrected chi connectivity index (χ2v) is 10.0. The monoisotopic (exact) mass is 530 g/mol. The number of rotatable bonds is 6. The summed E-state index contributed by atoms with van der Waals surface area (Å²) in [5.74, 6) is 0.532. The molecule has 194 valence electrons. The topological polar surface area (TPSA) is 83.0 Å². The van der Waals surface area contributed by atoms with Crippen LogP contribution in [0.3, 0.4) is 0 Å². The minimum atomic E-state index is -0.476. The highest BCUT2D eigenvalue weighted by Crippen LogP contribution is 2.40. The van der Waals surface area contributed by atoms with Crippen LogP contribution in [0, 0.1) is 5.82 Å². The summed E-state index contributed by atoms with van der Waals surface area (Å²) in [6.07, 6.45) is 0.961. The maximum Gasteiger partial charge on any atom is 0.255 e. The summed E-state index contributed by atoms with van der Waals surface area (Å²) in [7, 11) is 1.59. The number of allylic oxidation sites excluding steroid dienone is 1. The number of fused-ring (bicyclic) bond motifs is 1. The maximum absolute atomic E-state index is 13.7. The quantitative estimate of drug-likeness (QED) is 0.418. The molecule has 0 bridgehead atoms. The number of hydrogen-bond acceptors (Lipinski definition) is 6. The minimum Gasteiger partial charge on any atom is -0.497 e.